The lowest BCUT2D eigenvalue weighted by Crippen LogP contribution is -2.02. The maximum atomic E-state index is 14.8. The van der Waals surface area contributed by atoms with Crippen molar-refractivity contribution in [2.75, 3.05) is 12.4 Å². The average Bonchev–Trinajstić information content (AvgIpc) is 3.07. The number of halogens is 3. The van der Waals surface area contributed by atoms with Crippen molar-refractivity contribution in [3.05, 3.63) is 77.7 Å². The van der Waals surface area contributed by atoms with Gasteiger partial charge in [0.1, 0.15) is 40.4 Å². The maximum absolute atomic E-state index is 14.8. The minimum Gasteiger partial charge on any atom is -0.497 e. The molecule has 0 aliphatic carbocycles. The molecule has 0 radical (unpaired) electrons. The standard InChI is InChI=1S/C22H18F3N3O/c1-3-15-5-4-6-19-27-21(20-17(24)11-16(29-2)12-18(20)25)22(28(15)19)26-14-9-7-13(23)8-10-14/h4-12,26H,3H2,1-2H3. The molecular weight excluding hydrogens is 379 g/mol. The van der Waals surface area contributed by atoms with E-state index in [0.29, 0.717) is 23.6 Å². The number of rotatable bonds is 5. The number of hydrogen-bond acceptors (Lipinski definition) is 3. The maximum Gasteiger partial charge on any atom is 0.143 e. The Morgan fingerprint density at radius 3 is 2.31 bits per heavy atom. The van der Waals surface area contributed by atoms with Gasteiger partial charge in [-0.15, -0.1) is 0 Å². The zero-order valence-electron chi connectivity index (χ0n) is 15.8. The fourth-order valence-corrected chi connectivity index (χ4v) is 3.29. The van der Waals surface area contributed by atoms with Gasteiger partial charge in [0.25, 0.3) is 0 Å². The van der Waals surface area contributed by atoms with Gasteiger partial charge >= 0.3 is 0 Å². The zero-order chi connectivity index (χ0) is 20.5. The number of nitrogens with one attached hydrogen (secondary N) is 1. The molecule has 29 heavy (non-hydrogen) atoms. The van der Waals surface area contributed by atoms with E-state index in [1.165, 1.54) is 19.2 Å². The van der Waals surface area contributed by atoms with Crippen LogP contribution in [-0.4, -0.2) is 16.5 Å². The Morgan fingerprint density at radius 1 is 1.00 bits per heavy atom. The van der Waals surface area contributed by atoms with E-state index in [4.69, 9.17) is 4.74 Å². The van der Waals surface area contributed by atoms with Gasteiger partial charge in [-0.3, -0.25) is 4.40 Å². The van der Waals surface area contributed by atoms with Crippen molar-refractivity contribution in [3.63, 3.8) is 0 Å². The molecule has 0 atom stereocenters. The van der Waals surface area contributed by atoms with Crippen LogP contribution in [0.2, 0.25) is 0 Å². The highest BCUT2D eigenvalue weighted by Gasteiger charge is 2.23. The summed E-state index contributed by atoms with van der Waals surface area (Å²) in [6.45, 7) is 1.98. The predicted octanol–water partition coefficient (Wildman–Crippen LogP) is 5.73. The first-order chi connectivity index (χ1) is 14.0. The van der Waals surface area contributed by atoms with Crippen LogP contribution in [0.25, 0.3) is 16.9 Å². The number of fused-ring (bicyclic) bond motifs is 1. The molecule has 2 aromatic heterocycles. The summed E-state index contributed by atoms with van der Waals surface area (Å²) >= 11 is 0. The minimum absolute atomic E-state index is 0.0785. The molecule has 0 amide bonds. The van der Waals surface area contributed by atoms with Crippen molar-refractivity contribution in [1.82, 2.24) is 9.38 Å². The lowest BCUT2D eigenvalue weighted by atomic mass is 10.1. The second kappa shape index (κ2) is 7.50. The van der Waals surface area contributed by atoms with Crippen molar-refractivity contribution in [1.29, 1.82) is 0 Å². The molecule has 0 aliphatic heterocycles. The van der Waals surface area contributed by atoms with E-state index in [9.17, 15) is 13.2 Å². The number of pyridine rings is 1. The van der Waals surface area contributed by atoms with Crippen molar-refractivity contribution in [2.24, 2.45) is 0 Å². The van der Waals surface area contributed by atoms with Crippen LogP contribution in [0.5, 0.6) is 5.75 Å². The zero-order valence-corrected chi connectivity index (χ0v) is 15.8. The van der Waals surface area contributed by atoms with Gasteiger partial charge in [-0.25, -0.2) is 18.2 Å². The first-order valence-corrected chi connectivity index (χ1v) is 9.08. The molecule has 0 fully saturated rings. The molecular formula is C22H18F3N3O. The molecule has 7 heteroatoms. The van der Waals surface area contributed by atoms with E-state index in [0.717, 1.165) is 17.8 Å². The van der Waals surface area contributed by atoms with Crippen molar-refractivity contribution < 1.29 is 17.9 Å². The van der Waals surface area contributed by atoms with Crippen LogP contribution in [0.4, 0.5) is 24.7 Å². The molecule has 2 heterocycles. The average molecular weight is 397 g/mol. The van der Waals surface area contributed by atoms with Crippen molar-refractivity contribution >= 4 is 17.2 Å². The predicted molar refractivity (Wildman–Crippen MR) is 106 cm³/mol. The molecule has 0 saturated heterocycles. The summed E-state index contributed by atoms with van der Waals surface area (Å²) in [4.78, 5) is 4.49. The van der Waals surface area contributed by atoms with Crippen LogP contribution < -0.4 is 10.1 Å². The second-order valence-corrected chi connectivity index (χ2v) is 6.47. The number of nitrogens with zero attached hydrogens (tertiary/aromatic N) is 2. The van der Waals surface area contributed by atoms with E-state index in [1.807, 2.05) is 23.5 Å². The fourth-order valence-electron chi connectivity index (χ4n) is 3.29. The minimum atomic E-state index is -0.787. The van der Waals surface area contributed by atoms with Gasteiger partial charge in [-0.05, 0) is 42.8 Å². The van der Waals surface area contributed by atoms with E-state index in [2.05, 4.69) is 10.3 Å². The first-order valence-electron chi connectivity index (χ1n) is 9.08. The summed E-state index contributed by atoms with van der Waals surface area (Å²) in [5, 5.41) is 3.15. The van der Waals surface area contributed by atoms with Crippen LogP contribution in [-0.2, 0) is 6.42 Å². The number of benzene rings is 2. The first kappa shape index (κ1) is 18.9. The lowest BCUT2D eigenvalue weighted by molar-refractivity contribution is 0.407. The molecule has 1 N–H and O–H groups in total. The van der Waals surface area contributed by atoms with Crippen LogP contribution >= 0.6 is 0 Å². The molecule has 0 bridgehead atoms. The summed E-state index contributed by atoms with van der Waals surface area (Å²) in [6, 6.07) is 13.5. The highest BCUT2D eigenvalue weighted by molar-refractivity contribution is 5.81. The Kier molecular flexibility index (Phi) is 4.88. The summed E-state index contributed by atoms with van der Waals surface area (Å²) in [5.74, 6) is -1.48. The molecule has 4 rings (SSSR count). The Labute approximate surface area is 165 Å². The van der Waals surface area contributed by atoms with Crippen molar-refractivity contribution in [3.8, 4) is 17.0 Å². The number of imidazole rings is 1. The largest absolute Gasteiger partial charge is 0.497 e. The van der Waals surface area contributed by atoms with Crippen molar-refractivity contribution in [2.45, 2.75) is 13.3 Å². The second-order valence-electron chi connectivity index (χ2n) is 6.47. The van der Waals surface area contributed by atoms with Crippen LogP contribution in [0, 0.1) is 17.5 Å². The number of aryl methyl sites for hydroxylation is 1. The Balaban J connectivity index is 1.98. The fraction of sp³-hybridized carbons (Fsp3) is 0.136. The normalized spacial score (nSPS) is 11.1. The molecule has 148 valence electrons. The van der Waals surface area contributed by atoms with E-state index in [1.54, 1.807) is 18.2 Å². The van der Waals surface area contributed by atoms with Gasteiger partial charge < -0.3 is 10.1 Å². The van der Waals surface area contributed by atoms with E-state index < -0.39 is 11.6 Å². The molecule has 0 saturated carbocycles. The molecule has 0 aliphatic rings. The smallest absolute Gasteiger partial charge is 0.143 e. The van der Waals surface area contributed by atoms with E-state index >= 15 is 0 Å². The topological polar surface area (TPSA) is 38.6 Å². The molecule has 2 aromatic carbocycles. The SMILES string of the molecule is CCc1cccc2nc(-c3c(F)cc(OC)cc3F)c(Nc3ccc(F)cc3)n12. The number of ether oxygens (including phenoxy) is 1. The lowest BCUT2D eigenvalue weighted by Gasteiger charge is -2.13. The van der Waals surface area contributed by atoms with Gasteiger partial charge in [0, 0.05) is 23.5 Å². The van der Waals surface area contributed by atoms with Crippen LogP contribution in [0.1, 0.15) is 12.6 Å². The Hall–Kier alpha value is -3.48. The summed E-state index contributed by atoms with van der Waals surface area (Å²) in [6.07, 6.45) is 0.679. The van der Waals surface area contributed by atoms with Gasteiger partial charge in [0.2, 0.25) is 0 Å². The van der Waals surface area contributed by atoms with Gasteiger partial charge in [0.05, 0.1) is 12.7 Å². The van der Waals surface area contributed by atoms with Crippen LogP contribution in [0.15, 0.2) is 54.6 Å². The molecule has 0 unspecified atom stereocenters. The molecule has 0 spiro atoms. The third kappa shape index (κ3) is 3.40. The van der Waals surface area contributed by atoms with Crippen LogP contribution in [0.3, 0.4) is 0 Å². The Bertz CT molecular complexity index is 1160. The number of anilines is 2. The summed E-state index contributed by atoms with van der Waals surface area (Å²) < 4.78 is 49.7. The number of aromatic nitrogens is 2. The number of methoxy groups -OCH3 is 1. The molecule has 4 nitrogen and oxygen atoms in total. The summed E-state index contributed by atoms with van der Waals surface area (Å²) in [7, 11) is 1.34. The number of hydrogen-bond donors (Lipinski definition) is 1. The highest BCUT2D eigenvalue weighted by Crippen LogP contribution is 2.36. The monoisotopic (exact) mass is 397 g/mol. The third-order valence-corrected chi connectivity index (χ3v) is 4.68. The quantitative estimate of drug-likeness (QED) is 0.467. The summed E-state index contributed by atoms with van der Waals surface area (Å²) in [5.41, 5.74) is 1.86. The van der Waals surface area contributed by atoms with E-state index in [-0.39, 0.29) is 22.8 Å². The third-order valence-electron chi connectivity index (χ3n) is 4.68. The van der Waals surface area contributed by atoms with Gasteiger partial charge in [-0.2, -0.15) is 0 Å². The van der Waals surface area contributed by atoms with Gasteiger partial charge in [-0.1, -0.05) is 13.0 Å². The highest BCUT2D eigenvalue weighted by atomic mass is 19.1. The van der Waals surface area contributed by atoms with Gasteiger partial charge in [0.15, 0.2) is 0 Å². The Morgan fingerprint density at radius 2 is 1.69 bits per heavy atom. The molecule has 4 aromatic rings.